The molecule has 0 N–H and O–H groups in total. The van der Waals surface area contributed by atoms with Crippen LogP contribution in [0.2, 0.25) is 0 Å². The molecule has 6 nitrogen and oxygen atoms in total. The SMILES string of the molecule is Cc1ccc(C)c(Cc2c(C)nc(-c3ccccc3)nc2N2CCN(C(=O)COc3ccccc3)CC2)c1. The van der Waals surface area contributed by atoms with Crippen LogP contribution < -0.4 is 9.64 Å². The fraction of sp³-hybridized carbons (Fsp3) is 0.281. The zero-order valence-electron chi connectivity index (χ0n) is 22.4. The van der Waals surface area contributed by atoms with E-state index < -0.39 is 0 Å². The van der Waals surface area contributed by atoms with E-state index in [2.05, 4.69) is 43.9 Å². The average Bonchev–Trinajstić information content (AvgIpc) is 2.95. The van der Waals surface area contributed by atoms with Crippen LogP contribution in [0.1, 0.15) is 27.9 Å². The second kappa shape index (κ2) is 11.5. The van der Waals surface area contributed by atoms with E-state index in [1.807, 2.05) is 65.6 Å². The average molecular weight is 507 g/mol. The Labute approximate surface area is 224 Å². The Balaban J connectivity index is 1.38. The van der Waals surface area contributed by atoms with Gasteiger partial charge in [-0.05, 0) is 44.0 Å². The first-order valence-electron chi connectivity index (χ1n) is 13.2. The third-order valence-electron chi connectivity index (χ3n) is 7.13. The van der Waals surface area contributed by atoms with E-state index in [4.69, 9.17) is 14.7 Å². The molecular weight excluding hydrogens is 472 g/mol. The lowest BCUT2D eigenvalue weighted by Gasteiger charge is -2.36. The Bertz CT molecular complexity index is 1400. The number of carbonyl (C=O) groups is 1. The summed E-state index contributed by atoms with van der Waals surface area (Å²) in [4.78, 5) is 27.1. The molecule has 194 valence electrons. The number of piperazine rings is 1. The van der Waals surface area contributed by atoms with Crippen molar-refractivity contribution in [2.24, 2.45) is 0 Å². The van der Waals surface area contributed by atoms with Gasteiger partial charge in [-0.25, -0.2) is 9.97 Å². The van der Waals surface area contributed by atoms with Crippen LogP contribution in [0.5, 0.6) is 5.75 Å². The topological polar surface area (TPSA) is 58.6 Å². The summed E-state index contributed by atoms with van der Waals surface area (Å²) in [6.07, 6.45) is 0.772. The lowest BCUT2D eigenvalue weighted by Crippen LogP contribution is -2.50. The molecule has 3 aromatic carbocycles. The first kappa shape index (κ1) is 25.5. The van der Waals surface area contributed by atoms with Gasteiger partial charge in [0.05, 0.1) is 0 Å². The van der Waals surface area contributed by atoms with E-state index in [-0.39, 0.29) is 12.5 Å². The molecule has 38 heavy (non-hydrogen) atoms. The maximum absolute atomic E-state index is 12.8. The van der Waals surface area contributed by atoms with Crippen LogP contribution in [0.4, 0.5) is 5.82 Å². The molecular formula is C32H34N4O2. The Morgan fingerprint density at radius 1 is 0.842 bits per heavy atom. The number of ether oxygens (including phenoxy) is 1. The van der Waals surface area contributed by atoms with Gasteiger partial charge < -0.3 is 14.5 Å². The van der Waals surface area contributed by atoms with Crippen molar-refractivity contribution in [1.29, 1.82) is 0 Å². The van der Waals surface area contributed by atoms with Gasteiger partial charge in [-0.3, -0.25) is 4.79 Å². The van der Waals surface area contributed by atoms with E-state index in [9.17, 15) is 4.79 Å². The van der Waals surface area contributed by atoms with E-state index in [1.54, 1.807) is 0 Å². The third-order valence-corrected chi connectivity index (χ3v) is 7.13. The minimum absolute atomic E-state index is 0.00737. The normalized spacial score (nSPS) is 13.4. The Morgan fingerprint density at radius 3 is 2.24 bits per heavy atom. The third kappa shape index (κ3) is 5.86. The van der Waals surface area contributed by atoms with Gasteiger partial charge in [0.1, 0.15) is 11.6 Å². The highest BCUT2D eigenvalue weighted by Crippen LogP contribution is 2.29. The van der Waals surface area contributed by atoms with Gasteiger partial charge in [0.25, 0.3) is 5.91 Å². The number of para-hydroxylation sites is 1. The highest BCUT2D eigenvalue weighted by molar-refractivity contribution is 5.78. The number of carbonyl (C=O) groups excluding carboxylic acids is 1. The van der Waals surface area contributed by atoms with Gasteiger partial charge in [0.2, 0.25) is 0 Å². The van der Waals surface area contributed by atoms with Crippen LogP contribution >= 0.6 is 0 Å². The van der Waals surface area contributed by atoms with Gasteiger partial charge >= 0.3 is 0 Å². The van der Waals surface area contributed by atoms with Crippen LogP contribution in [-0.2, 0) is 11.2 Å². The maximum Gasteiger partial charge on any atom is 0.260 e. The number of rotatable bonds is 7. The van der Waals surface area contributed by atoms with Crippen molar-refractivity contribution in [3.8, 4) is 17.1 Å². The van der Waals surface area contributed by atoms with Crippen molar-refractivity contribution in [1.82, 2.24) is 14.9 Å². The molecule has 1 aromatic heterocycles. The molecule has 0 aliphatic carbocycles. The van der Waals surface area contributed by atoms with Crippen molar-refractivity contribution < 1.29 is 9.53 Å². The number of aryl methyl sites for hydroxylation is 3. The first-order chi connectivity index (χ1) is 18.5. The predicted molar refractivity (Wildman–Crippen MR) is 152 cm³/mol. The lowest BCUT2D eigenvalue weighted by atomic mass is 9.97. The van der Waals surface area contributed by atoms with Crippen molar-refractivity contribution in [3.63, 3.8) is 0 Å². The van der Waals surface area contributed by atoms with Crippen molar-refractivity contribution in [3.05, 3.63) is 107 Å². The molecule has 2 heterocycles. The van der Waals surface area contributed by atoms with Gasteiger partial charge in [-0.1, -0.05) is 72.3 Å². The molecule has 0 saturated carbocycles. The predicted octanol–water partition coefficient (Wildman–Crippen LogP) is 5.39. The number of anilines is 1. The number of amides is 1. The van der Waals surface area contributed by atoms with Crippen LogP contribution in [-0.4, -0.2) is 53.6 Å². The van der Waals surface area contributed by atoms with E-state index in [1.165, 1.54) is 16.7 Å². The molecule has 1 fully saturated rings. The van der Waals surface area contributed by atoms with Crippen LogP contribution in [0.25, 0.3) is 11.4 Å². The van der Waals surface area contributed by atoms with E-state index in [0.717, 1.165) is 34.9 Å². The van der Waals surface area contributed by atoms with E-state index >= 15 is 0 Å². The largest absolute Gasteiger partial charge is 0.484 e. The number of nitrogens with zero attached hydrogens (tertiary/aromatic N) is 4. The van der Waals surface area contributed by atoms with E-state index in [0.29, 0.717) is 31.9 Å². The smallest absolute Gasteiger partial charge is 0.260 e. The molecule has 6 heteroatoms. The highest BCUT2D eigenvalue weighted by atomic mass is 16.5. The summed E-state index contributed by atoms with van der Waals surface area (Å²) in [7, 11) is 0. The summed E-state index contributed by atoms with van der Waals surface area (Å²) >= 11 is 0. The second-order valence-corrected chi connectivity index (χ2v) is 9.88. The van der Waals surface area contributed by atoms with Crippen LogP contribution in [0, 0.1) is 20.8 Å². The summed E-state index contributed by atoms with van der Waals surface area (Å²) in [6, 6.07) is 26.2. The highest BCUT2D eigenvalue weighted by Gasteiger charge is 2.26. The van der Waals surface area contributed by atoms with Gasteiger partial charge in [0.15, 0.2) is 12.4 Å². The minimum Gasteiger partial charge on any atom is -0.484 e. The molecule has 4 aromatic rings. The molecule has 0 radical (unpaired) electrons. The Morgan fingerprint density at radius 2 is 1.53 bits per heavy atom. The molecule has 0 spiro atoms. The standard InChI is InChI=1S/C32H34N4O2/c1-23-14-15-24(2)27(20-23)21-29-25(3)33-31(26-10-6-4-7-11-26)34-32(29)36-18-16-35(17-19-36)30(37)22-38-28-12-8-5-9-13-28/h4-15,20H,16-19,21-22H2,1-3H3. The van der Waals surface area contributed by atoms with Crippen LogP contribution in [0.3, 0.4) is 0 Å². The summed E-state index contributed by atoms with van der Waals surface area (Å²) in [5, 5.41) is 0. The van der Waals surface area contributed by atoms with Crippen molar-refractivity contribution in [2.75, 3.05) is 37.7 Å². The summed E-state index contributed by atoms with van der Waals surface area (Å²) < 4.78 is 5.69. The van der Waals surface area contributed by atoms with Crippen molar-refractivity contribution in [2.45, 2.75) is 27.2 Å². The molecule has 0 bridgehead atoms. The zero-order chi connectivity index (χ0) is 26.5. The number of aromatic nitrogens is 2. The number of benzene rings is 3. The fourth-order valence-electron chi connectivity index (χ4n) is 4.87. The Hall–Kier alpha value is -4.19. The number of hydrogen-bond acceptors (Lipinski definition) is 5. The molecule has 5 rings (SSSR count). The maximum atomic E-state index is 12.8. The minimum atomic E-state index is 0.00737. The molecule has 0 unspecified atom stereocenters. The quantitative estimate of drug-likeness (QED) is 0.337. The van der Waals surface area contributed by atoms with Gasteiger partial charge in [-0.2, -0.15) is 0 Å². The van der Waals surface area contributed by atoms with Crippen molar-refractivity contribution >= 4 is 11.7 Å². The molecule has 0 atom stereocenters. The lowest BCUT2D eigenvalue weighted by molar-refractivity contribution is -0.133. The zero-order valence-corrected chi connectivity index (χ0v) is 22.4. The summed E-state index contributed by atoms with van der Waals surface area (Å²) in [6.45, 7) is 9.09. The molecule has 1 aliphatic heterocycles. The monoisotopic (exact) mass is 506 g/mol. The molecule has 1 saturated heterocycles. The molecule has 1 amide bonds. The summed E-state index contributed by atoms with van der Waals surface area (Å²) in [5.41, 5.74) is 6.94. The summed E-state index contributed by atoms with van der Waals surface area (Å²) in [5.74, 6) is 2.41. The van der Waals surface area contributed by atoms with Crippen LogP contribution in [0.15, 0.2) is 78.9 Å². The van der Waals surface area contributed by atoms with Gasteiger partial charge in [-0.15, -0.1) is 0 Å². The Kier molecular flexibility index (Phi) is 7.68. The second-order valence-electron chi connectivity index (χ2n) is 9.88. The molecule has 1 aliphatic rings. The number of hydrogen-bond donors (Lipinski definition) is 0. The first-order valence-corrected chi connectivity index (χ1v) is 13.2. The van der Waals surface area contributed by atoms with Gasteiger partial charge in [0, 0.05) is 49.4 Å². The fourth-order valence-corrected chi connectivity index (χ4v) is 4.87.